The summed E-state index contributed by atoms with van der Waals surface area (Å²) in [5.41, 5.74) is 2.17. The summed E-state index contributed by atoms with van der Waals surface area (Å²) in [7, 11) is 0. The highest BCUT2D eigenvalue weighted by Crippen LogP contribution is 2.28. The fourth-order valence-electron chi connectivity index (χ4n) is 3.25. The molecule has 0 atom stereocenters. The highest BCUT2D eigenvalue weighted by Gasteiger charge is 2.17. The molecule has 0 aliphatic carbocycles. The monoisotopic (exact) mass is 488 g/mol. The van der Waals surface area contributed by atoms with Crippen LogP contribution >= 0.6 is 23.1 Å². The Hall–Kier alpha value is -2.69. The van der Waals surface area contributed by atoms with Gasteiger partial charge in [-0.15, -0.1) is 11.3 Å². The van der Waals surface area contributed by atoms with E-state index in [1.54, 1.807) is 28.8 Å². The highest BCUT2D eigenvalue weighted by atomic mass is 32.2. The van der Waals surface area contributed by atoms with Gasteiger partial charge in [0, 0.05) is 42.9 Å². The molecule has 176 valence electrons. The first-order valence-corrected chi connectivity index (χ1v) is 12.5. The molecule has 2 aromatic heterocycles. The Labute approximate surface area is 200 Å². The van der Waals surface area contributed by atoms with Gasteiger partial charge in [0.25, 0.3) is 5.56 Å². The number of carbonyl (C=O) groups is 2. The normalized spacial score (nSPS) is 11.0. The Balaban J connectivity index is 1.74. The van der Waals surface area contributed by atoms with E-state index in [1.807, 2.05) is 20.8 Å². The third-order valence-electron chi connectivity index (χ3n) is 4.95. The lowest BCUT2D eigenvalue weighted by Gasteiger charge is -2.12. The number of hydrogen-bond acceptors (Lipinski definition) is 7. The molecule has 2 N–H and O–H groups in total. The van der Waals surface area contributed by atoms with Gasteiger partial charge in [0.1, 0.15) is 4.83 Å². The van der Waals surface area contributed by atoms with Crippen molar-refractivity contribution in [1.82, 2.24) is 9.55 Å². The van der Waals surface area contributed by atoms with E-state index < -0.39 is 0 Å². The summed E-state index contributed by atoms with van der Waals surface area (Å²) >= 11 is 2.74. The third kappa shape index (κ3) is 6.43. The molecule has 0 unspecified atom stereocenters. The standard InChI is InChI=1S/C23H28N4O4S2/c1-5-31-12-6-11-27-22(30)20-14(2)15(3)33-21(20)26-23(27)32-13-19(29)25-18-9-7-17(8-10-18)24-16(4)28/h7-10H,5-6,11-13H2,1-4H3,(H,24,28)(H,25,29). The van der Waals surface area contributed by atoms with Crippen LogP contribution in [0.15, 0.2) is 34.2 Å². The molecule has 0 saturated heterocycles. The van der Waals surface area contributed by atoms with Crippen LogP contribution in [0.25, 0.3) is 10.2 Å². The number of rotatable bonds is 10. The predicted molar refractivity (Wildman–Crippen MR) is 135 cm³/mol. The zero-order valence-electron chi connectivity index (χ0n) is 19.2. The van der Waals surface area contributed by atoms with Crippen molar-refractivity contribution in [3.8, 4) is 0 Å². The molecule has 0 spiro atoms. The van der Waals surface area contributed by atoms with Crippen molar-refractivity contribution in [2.45, 2.75) is 45.8 Å². The van der Waals surface area contributed by atoms with Crippen LogP contribution in [0.5, 0.6) is 0 Å². The minimum Gasteiger partial charge on any atom is -0.382 e. The summed E-state index contributed by atoms with van der Waals surface area (Å²) in [5, 5.41) is 6.70. The number of thiophene rings is 1. The minimum atomic E-state index is -0.207. The number of nitrogens with one attached hydrogen (secondary N) is 2. The van der Waals surface area contributed by atoms with Crippen LogP contribution in [0, 0.1) is 13.8 Å². The van der Waals surface area contributed by atoms with Crippen molar-refractivity contribution in [3.63, 3.8) is 0 Å². The van der Waals surface area contributed by atoms with Crippen molar-refractivity contribution in [1.29, 1.82) is 0 Å². The van der Waals surface area contributed by atoms with Crippen molar-refractivity contribution in [2.75, 3.05) is 29.6 Å². The zero-order valence-corrected chi connectivity index (χ0v) is 20.8. The van der Waals surface area contributed by atoms with Crippen LogP contribution in [0.2, 0.25) is 0 Å². The van der Waals surface area contributed by atoms with Gasteiger partial charge in [-0.2, -0.15) is 0 Å². The molecule has 8 nitrogen and oxygen atoms in total. The van der Waals surface area contributed by atoms with E-state index in [2.05, 4.69) is 10.6 Å². The predicted octanol–water partition coefficient (Wildman–Crippen LogP) is 4.19. The van der Waals surface area contributed by atoms with Crippen molar-refractivity contribution in [2.24, 2.45) is 0 Å². The van der Waals surface area contributed by atoms with E-state index in [4.69, 9.17) is 9.72 Å². The van der Waals surface area contributed by atoms with Gasteiger partial charge in [-0.25, -0.2) is 4.98 Å². The summed E-state index contributed by atoms with van der Waals surface area (Å²) in [6.07, 6.45) is 0.684. The Morgan fingerprint density at radius 1 is 1.15 bits per heavy atom. The molecular formula is C23H28N4O4S2. The Kier molecular flexibility index (Phi) is 8.65. The second-order valence-corrected chi connectivity index (χ2v) is 9.61. The first-order valence-electron chi connectivity index (χ1n) is 10.7. The van der Waals surface area contributed by atoms with Crippen LogP contribution in [-0.4, -0.2) is 40.3 Å². The average Bonchev–Trinajstić information content (AvgIpc) is 3.05. The Morgan fingerprint density at radius 3 is 2.45 bits per heavy atom. The summed E-state index contributed by atoms with van der Waals surface area (Å²) in [6.45, 7) is 8.96. The summed E-state index contributed by atoms with van der Waals surface area (Å²) < 4.78 is 7.07. The van der Waals surface area contributed by atoms with Gasteiger partial charge in [-0.1, -0.05) is 11.8 Å². The second-order valence-electron chi connectivity index (χ2n) is 7.46. The molecule has 2 amide bonds. The lowest BCUT2D eigenvalue weighted by Crippen LogP contribution is -2.25. The van der Waals surface area contributed by atoms with Crippen molar-refractivity contribution >= 4 is 56.5 Å². The maximum atomic E-state index is 13.2. The molecule has 0 aliphatic heterocycles. The number of fused-ring (bicyclic) bond motifs is 1. The lowest BCUT2D eigenvalue weighted by atomic mass is 10.2. The van der Waals surface area contributed by atoms with Gasteiger partial charge in [0.2, 0.25) is 11.8 Å². The number of amides is 2. The van der Waals surface area contributed by atoms with Gasteiger partial charge in [0.05, 0.1) is 11.1 Å². The Bertz CT molecular complexity index is 1200. The SMILES string of the molecule is CCOCCCn1c(SCC(=O)Nc2ccc(NC(C)=O)cc2)nc2sc(C)c(C)c2c1=O. The summed E-state index contributed by atoms with van der Waals surface area (Å²) in [5.74, 6) is -0.252. The molecule has 3 rings (SSSR count). The molecule has 3 aromatic rings. The van der Waals surface area contributed by atoms with Crippen LogP contribution in [0.1, 0.15) is 30.7 Å². The number of nitrogens with zero attached hydrogens (tertiary/aromatic N) is 2. The quantitative estimate of drug-likeness (QED) is 0.252. The smallest absolute Gasteiger partial charge is 0.263 e. The molecule has 10 heteroatoms. The number of aromatic nitrogens is 2. The molecule has 33 heavy (non-hydrogen) atoms. The average molecular weight is 489 g/mol. The fraction of sp³-hybridized carbons (Fsp3) is 0.391. The maximum Gasteiger partial charge on any atom is 0.263 e. The number of aryl methyl sites for hydroxylation is 2. The van der Waals surface area contributed by atoms with Crippen molar-refractivity contribution in [3.05, 3.63) is 45.1 Å². The molecule has 0 radical (unpaired) electrons. The van der Waals surface area contributed by atoms with Gasteiger partial charge in [-0.3, -0.25) is 19.0 Å². The Morgan fingerprint density at radius 2 is 1.82 bits per heavy atom. The third-order valence-corrected chi connectivity index (χ3v) is 7.03. The maximum absolute atomic E-state index is 13.2. The minimum absolute atomic E-state index is 0.0742. The second kappa shape index (κ2) is 11.4. The van der Waals surface area contributed by atoms with Gasteiger partial charge in [0.15, 0.2) is 5.16 Å². The van der Waals surface area contributed by atoms with E-state index >= 15 is 0 Å². The van der Waals surface area contributed by atoms with Gasteiger partial charge in [-0.05, 0) is 57.0 Å². The van der Waals surface area contributed by atoms with E-state index in [0.29, 0.717) is 52.9 Å². The van der Waals surface area contributed by atoms with Gasteiger partial charge >= 0.3 is 0 Å². The molecule has 1 aromatic carbocycles. The first kappa shape index (κ1) is 24.9. The topological polar surface area (TPSA) is 102 Å². The lowest BCUT2D eigenvalue weighted by molar-refractivity contribution is -0.114. The van der Waals surface area contributed by atoms with Crippen LogP contribution in [0.3, 0.4) is 0 Å². The van der Waals surface area contributed by atoms with E-state index in [9.17, 15) is 14.4 Å². The number of benzene rings is 1. The van der Waals surface area contributed by atoms with Crippen molar-refractivity contribution < 1.29 is 14.3 Å². The van der Waals surface area contributed by atoms with E-state index in [1.165, 1.54) is 30.0 Å². The number of anilines is 2. The number of hydrogen-bond donors (Lipinski definition) is 2. The number of ether oxygens (including phenoxy) is 1. The van der Waals surface area contributed by atoms with Crippen LogP contribution < -0.4 is 16.2 Å². The fourth-order valence-corrected chi connectivity index (χ4v) is 5.15. The number of carbonyl (C=O) groups excluding carboxylic acids is 2. The zero-order chi connectivity index (χ0) is 24.0. The summed E-state index contributed by atoms with van der Waals surface area (Å²) in [6, 6.07) is 6.88. The van der Waals surface area contributed by atoms with Gasteiger partial charge < -0.3 is 15.4 Å². The molecule has 0 bridgehead atoms. The molecule has 0 fully saturated rings. The molecule has 0 aliphatic rings. The summed E-state index contributed by atoms with van der Waals surface area (Å²) in [4.78, 5) is 43.4. The highest BCUT2D eigenvalue weighted by molar-refractivity contribution is 7.99. The van der Waals surface area contributed by atoms with E-state index in [0.717, 1.165) is 10.4 Å². The van der Waals surface area contributed by atoms with Crippen LogP contribution in [0.4, 0.5) is 11.4 Å². The largest absolute Gasteiger partial charge is 0.382 e. The molecule has 2 heterocycles. The molecule has 0 saturated carbocycles. The number of thioether (sulfide) groups is 1. The van der Waals surface area contributed by atoms with Crippen LogP contribution in [-0.2, 0) is 20.9 Å². The van der Waals surface area contributed by atoms with E-state index in [-0.39, 0.29) is 23.1 Å². The molecular weight excluding hydrogens is 460 g/mol. The first-order chi connectivity index (χ1) is 15.8.